The van der Waals surface area contributed by atoms with Gasteiger partial charge < -0.3 is 15.5 Å². The Kier molecular flexibility index (Phi) is 4.76. The third-order valence-electron chi connectivity index (χ3n) is 3.42. The number of H-pyrrole nitrogens is 1. The maximum Gasteiger partial charge on any atom is 0.417 e. The molecule has 0 fully saturated rings. The Balaban J connectivity index is 1.86. The van der Waals surface area contributed by atoms with Crippen LogP contribution in [-0.4, -0.2) is 24.6 Å². The molecule has 1 heterocycles. The van der Waals surface area contributed by atoms with Gasteiger partial charge in [-0.25, -0.2) is 4.79 Å². The van der Waals surface area contributed by atoms with Crippen molar-refractivity contribution in [2.75, 3.05) is 19.6 Å². The third-order valence-corrected chi connectivity index (χ3v) is 3.42. The number of nitrogens with two attached hydrogens (primary N) is 1. The Morgan fingerprint density at radius 1 is 1.47 bits per heavy atom. The van der Waals surface area contributed by atoms with E-state index in [0.29, 0.717) is 11.5 Å². The molecule has 2 aromatic rings. The van der Waals surface area contributed by atoms with Crippen LogP contribution in [0.15, 0.2) is 27.4 Å². The van der Waals surface area contributed by atoms with E-state index in [2.05, 4.69) is 17.2 Å². The van der Waals surface area contributed by atoms with Crippen molar-refractivity contribution in [1.82, 2.24) is 10.3 Å². The first kappa shape index (κ1) is 13.8. The van der Waals surface area contributed by atoms with E-state index in [0.717, 1.165) is 38.0 Å². The fourth-order valence-electron chi connectivity index (χ4n) is 2.09. The van der Waals surface area contributed by atoms with Crippen LogP contribution < -0.4 is 16.8 Å². The lowest BCUT2D eigenvalue weighted by Crippen LogP contribution is -2.29. The summed E-state index contributed by atoms with van der Waals surface area (Å²) in [6.07, 6.45) is 2.02. The molecule has 1 aromatic carbocycles. The predicted octanol–water partition coefficient (Wildman–Crippen LogP) is 1.24. The molecule has 19 heavy (non-hydrogen) atoms. The van der Waals surface area contributed by atoms with E-state index in [-0.39, 0.29) is 0 Å². The molecule has 0 spiro atoms. The number of hydrogen-bond acceptors (Lipinski definition) is 4. The van der Waals surface area contributed by atoms with Crippen LogP contribution in [0.3, 0.4) is 0 Å². The van der Waals surface area contributed by atoms with Gasteiger partial charge >= 0.3 is 5.76 Å². The number of aromatic nitrogens is 1. The topological polar surface area (TPSA) is 84.0 Å². The van der Waals surface area contributed by atoms with Gasteiger partial charge in [0, 0.05) is 0 Å². The Bertz CT molecular complexity index is 569. The van der Waals surface area contributed by atoms with Crippen molar-refractivity contribution in [2.24, 2.45) is 11.7 Å². The van der Waals surface area contributed by atoms with Crippen molar-refractivity contribution in [2.45, 2.75) is 19.8 Å². The van der Waals surface area contributed by atoms with Crippen LogP contribution in [0.25, 0.3) is 11.1 Å². The molecule has 0 aliphatic carbocycles. The second-order valence-corrected chi connectivity index (χ2v) is 4.81. The second kappa shape index (κ2) is 6.54. The summed E-state index contributed by atoms with van der Waals surface area (Å²) in [4.78, 5) is 13.7. The number of rotatable bonds is 7. The summed E-state index contributed by atoms with van der Waals surface area (Å²) in [5, 5.41) is 3.41. The highest BCUT2D eigenvalue weighted by molar-refractivity contribution is 5.72. The monoisotopic (exact) mass is 263 g/mol. The molecule has 0 aliphatic heterocycles. The standard InChI is InChI=1S/C14H21N3O2/c1-2-10(8-15)9-16-6-5-11-3-4-13-12(7-11)17-14(18)19-13/h3-4,7,10,16H,2,5-6,8-9,15H2,1H3,(H,17,18). The molecular weight excluding hydrogens is 242 g/mol. The zero-order valence-corrected chi connectivity index (χ0v) is 11.2. The number of nitrogens with one attached hydrogen (secondary N) is 2. The molecule has 0 bridgehead atoms. The molecule has 2 rings (SSSR count). The minimum atomic E-state index is -0.404. The molecule has 104 valence electrons. The normalized spacial score (nSPS) is 12.9. The zero-order valence-electron chi connectivity index (χ0n) is 11.2. The van der Waals surface area contributed by atoms with Crippen LogP contribution in [0.4, 0.5) is 0 Å². The molecule has 1 atom stereocenters. The quantitative estimate of drug-likeness (QED) is 0.656. The van der Waals surface area contributed by atoms with Gasteiger partial charge in [-0.1, -0.05) is 19.4 Å². The van der Waals surface area contributed by atoms with Crippen LogP contribution in [0.5, 0.6) is 0 Å². The van der Waals surface area contributed by atoms with Crippen LogP contribution in [-0.2, 0) is 6.42 Å². The lowest BCUT2D eigenvalue weighted by molar-refractivity contribution is 0.474. The second-order valence-electron chi connectivity index (χ2n) is 4.81. The number of aromatic amines is 1. The van der Waals surface area contributed by atoms with Gasteiger partial charge in [-0.3, -0.25) is 4.98 Å². The van der Waals surface area contributed by atoms with Crippen LogP contribution in [0.1, 0.15) is 18.9 Å². The van der Waals surface area contributed by atoms with E-state index >= 15 is 0 Å². The maximum absolute atomic E-state index is 11.1. The summed E-state index contributed by atoms with van der Waals surface area (Å²) in [7, 11) is 0. The SMILES string of the molecule is CCC(CN)CNCCc1ccc2oc(=O)[nH]c2c1. The average molecular weight is 263 g/mol. The molecule has 5 nitrogen and oxygen atoms in total. The summed E-state index contributed by atoms with van der Waals surface area (Å²) in [6, 6.07) is 5.78. The molecule has 0 saturated heterocycles. The van der Waals surface area contributed by atoms with Gasteiger partial charge in [0.15, 0.2) is 5.58 Å². The average Bonchev–Trinajstić information content (AvgIpc) is 2.78. The zero-order chi connectivity index (χ0) is 13.7. The lowest BCUT2D eigenvalue weighted by atomic mass is 10.1. The minimum absolute atomic E-state index is 0.404. The highest BCUT2D eigenvalue weighted by Gasteiger charge is 2.04. The van der Waals surface area contributed by atoms with Gasteiger partial charge in [-0.2, -0.15) is 0 Å². The molecule has 4 N–H and O–H groups in total. The number of oxazole rings is 1. The van der Waals surface area contributed by atoms with Gasteiger partial charge in [0.1, 0.15) is 0 Å². The molecule has 0 saturated carbocycles. The van der Waals surface area contributed by atoms with Crippen LogP contribution >= 0.6 is 0 Å². The minimum Gasteiger partial charge on any atom is -0.408 e. The summed E-state index contributed by atoms with van der Waals surface area (Å²) in [6.45, 7) is 4.75. The van der Waals surface area contributed by atoms with Gasteiger partial charge in [-0.15, -0.1) is 0 Å². The first-order chi connectivity index (χ1) is 9.22. The largest absolute Gasteiger partial charge is 0.417 e. The van der Waals surface area contributed by atoms with E-state index < -0.39 is 5.76 Å². The predicted molar refractivity (Wildman–Crippen MR) is 76.2 cm³/mol. The highest BCUT2D eigenvalue weighted by atomic mass is 16.4. The lowest BCUT2D eigenvalue weighted by Gasteiger charge is -2.12. The number of hydrogen-bond donors (Lipinski definition) is 3. The van der Waals surface area contributed by atoms with Crippen molar-refractivity contribution in [1.29, 1.82) is 0 Å². The Labute approximate surface area is 112 Å². The van der Waals surface area contributed by atoms with Crippen molar-refractivity contribution < 1.29 is 4.42 Å². The van der Waals surface area contributed by atoms with Gasteiger partial charge in [0.25, 0.3) is 0 Å². The Hall–Kier alpha value is -1.59. The summed E-state index contributed by atoms with van der Waals surface area (Å²) in [5.41, 5.74) is 8.20. The van der Waals surface area contributed by atoms with Crippen molar-refractivity contribution in [3.05, 3.63) is 34.3 Å². The molecule has 0 aliphatic rings. The molecule has 1 aromatic heterocycles. The van der Waals surface area contributed by atoms with E-state index in [4.69, 9.17) is 10.2 Å². The molecule has 0 amide bonds. The van der Waals surface area contributed by atoms with Gasteiger partial charge in [0.2, 0.25) is 0 Å². The Morgan fingerprint density at radius 2 is 2.32 bits per heavy atom. The summed E-state index contributed by atoms with van der Waals surface area (Å²) < 4.78 is 4.97. The van der Waals surface area contributed by atoms with Crippen LogP contribution in [0.2, 0.25) is 0 Å². The molecule has 1 unspecified atom stereocenters. The van der Waals surface area contributed by atoms with Crippen molar-refractivity contribution >= 4 is 11.1 Å². The smallest absolute Gasteiger partial charge is 0.408 e. The number of fused-ring (bicyclic) bond motifs is 1. The fraction of sp³-hybridized carbons (Fsp3) is 0.500. The number of benzene rings is 1. The first-order valence-electron chi connectivity index (χ1n) is 6.75. The van der Waals surface area contributed by atoms with E-state index in [9.17, 15) is 4.79 Å². The van der Waals surface area contributed by atoms with Crippen molar-refractivity contribution in [3.63, 3.8) is 0 Å². The van der Waals surface area contributed by atoms with E-state index in [1.807, 2.05) is 18.2 Å². The first-order valence-corrected chi connectivity index (χ1v) is 6.75. The van der Waals surface area contributed by atoms with E-state index in [1.54, 1.807) is 0 Å². The summed E-state index contributed by atoms with van der Waals surface area (Å²) >= 11 is 0. The fourth-order valence-corrected chi connectivity index (χ4v) is 2.09. The third kappa shape index (κ3) is 3.68. The highest BCUT2D eigenvalue weighted by Crippen LogP contribution is 2.12. The van der Waals surface area contributed by atoms with Crippen molar-refractivity contribution in [3.8, 4) is 0 Å². The van der Waals surface area contributed by atoms with E-state index in [1.165, 1.54) is 5.56 Å². The van der Waals surface area contributed by atoms with Gasteiger partial charge in [-0.05, 0) is 49.7 Å². The Morgan fingerprint density at radius 3 is 3.05 bits per heavy atom. The maximum atomic E-state index is 11.1. The molecule has 5 heteroatoms. The molecular formula is C14H21N3O2. The summed E-state index contributed by atoms with van der Waals surface area (Å²) in [5.74, 6) is 0.145. The van der Waals surface area contributed by atoms with Crippen LogP contribution in [0, 0.1) is 5.92 Å². The van der Waals surface area contributed by atoms with Gasteiger partial charge in [0.05, 0.1) is 5.52 Å². The molecule has 0 radical (unpaired) electrons.